The highest BCUT2D eigenvalue weighted by Crippen LogP contribution is 2.46. The van der Waals surface area contributed by atoms with Crippen LogP contribution in [0.5, 0.6) is 0 Å². The lowest BCUT2D eigenvalue weighted by Gasteiger charge is -2.31. The lowest BCUT2D eigenvalue weighted by Crippen LogP contribution is -2.55. The number of nitrogens with zero attached hydrogens (tertiary/aromatic N) is 3. The molecule has 3 aliphatic heterocycles. The smallest absolute Gasteiger partial charge is 0.410 e. The van der Waals surface area contributed by atoms with E-state index in [2.05, 4.69) is 16.7 Å². The topological polar surface area (TPSA) is 132 Å². The van der Waals surface area contributed by atoms with E-state index < -0.39 is 41.1 Å². The highest BCUT2D eigenvalue weighted by molar-refractivity contribution is 6.07. The Morgan fingerprint density at radius 1 is 1.15 bits per heavy atom. The molecule has 0 aromatic heterocycles. The molecule has 10 nitrogen and oxygen atoms in total. The zero-order valence-corrected chi connectivity index (χ0v) is 24.0. The van der Waals surface area contributed by atoms with Gasteiger partial charge in [-0.25, -0.2) is 4.79 Å². The van der Waals surface area contributed by atoms with Gasteiger partial charge in [-0.05, 0) is 56.6 Å². The number of fused-ring (bicyclic) bond motifs is 2. The minimum Gasteiger partial charge on any atom is -0.444 e. The van der Waals surface area contributed by atoms with E-state index in [0.29, 0.717) is 31.0 Å². The predicted octanol–water partition coefficient (Wildman–Crippen LogP) is 3.32. The molecule has 1 aromatic rings. The number of hydrogen-bond donors (Lipinski definition) is 2. The summed E-state index contributed by atoms with van der Waals surface area (Å²) in [5.41, 5.74) is -0.514. The Bertz CT molecular complexity index is 1280. The van der Waals surface area contributed by atoms with E-state index in [9.17, 15) is 24.4 Å². The Morgan fingerprint density at radius 2 is 1.85 bits per heavy atom. The largest absolute Gasteiger partial charge is 0.444 e. The van der Waals surface area contributed by atoms with Gasteiger partial charge in [0.25, 0.3) is 0 Å². The summed E-state index contributed by atoms with van der Waals surface area (Å²) in [6, 6.07) is 7.18. The van der Waals surface area contributed by atoms with Crippen molar-refractivity contribution in [3.8, 4) is 6.07 Å². The minimum absolute atomic E-state index is 0.0738. The van der Waals surface area contributed by atoms with Gasteiger partial charge >= 0.3 is 6.09 Å². The Kier molecular flexibility index (Phi) is 6.84. The molecule has 1 saturated carbocycles. The molecule has 4 amide bonds. The van der Waals surface area contributed by atoms with Crippen molar-refractivity contribution in [2.24, 2.45) is 11.3 Å². The van der Waals surface area contributed by atoms with Crippen LogP contribution in [0.25, 0.3) is 0 Å². The zero-order valence-electron chi connectivity index (χ0n) is 24.0. The van der Waals surface area contributed by atoms with E-state index in [-0.39, 0.29) is 30.2 Å². The quantitative estimate of drug-likeness (QED) is 0.579. The number of carbonyl (C=O) groups excluding carboxylic acids is 4. The Labute approximate surface area is 235 Å². The van der Waals surface area contributed by atoms with Gasteiger partial charge < -0.3 is 20.3 Å². The first-order valence-corrected chi connectivity index (χ1v) is 14.1. The van der Waals surface area contributed by atoms with Gasteiger partial charge in [0.2, 0.25) is 17.7 Å². The monoisotopic (exact) mass is 549 g/mol. The van der Waals surface area contributed by atoms with Gasteiger partial charge in [-0.1, -0.05) is 44.9 Å². The number of benzene rings is 1. The van der Waals surface area contributed by atoms with E-state index in [4.69, 9.17) is 4.74 Å². The van der Waals surface area contributed by atoms with E-state index >= 15 is 0 Å². The number of carbonyl (C=O) groups is 4. The summed E-state index contributed by atoms with van der Waals surface area (Å²) in [5.74, 6) is -0.666. The molecule has 3 heterocycles. The molecule has 0 radical (unpaired) electrons. The fraction of sp³-hybridized carbons (Fsp3) is 0.633. The van der Waals surface area contributed by atoms with Crippen LogP contribution in [0.1, 0.15) is 72.3 Å². The van der Waals surface area contributed by atoms with Gasteiger partial charge in [0.15, 0.2) is 0 Å². The van der Waals surface area contributed by atoms with Crippen LogP contribution in [0.2, 0.25) is 0 Å². The second-order valence-electron chi connectivity index (χ2n) is 13.6. The third-order valence-corrected chi connectivity index (χ3v) is 8.45. The van der Waals surface area contributed by atoms with Crippen LogP contribution in [0.4, 0.5) is 10.5 Å². The molecule has 4 atom stereocenters. The first kappa shape index (κ1) is 27.9. The van der Waals surface area contributed by atoms with Crippen molar-refractivity contribution in [2.75, 3.05) is 18.4 Å². The number of hydrogen-bond acceptors (Lipinski definition) is 6. The molecule has 4 aliphatic rings. The van der Waals surface area contributed by atoms with Gasteiger partial charge in [-0.2, -0.15) is 5.26 Å². The molecule has 214 valence electrons. The summed E-state index contributed by atoms with van der Waals surface area (Å²) < 4.78 is 5.58. The van der Waals surface area contributed by atoms with Crippen molar-refractivity contribution >= 4 is 29.5 Å². The number of nitriles is 1. The number of para-hydroxylation sites is 1. The number of nitrogens with one attached hydrogen (secondary N) is 2. The average Bonchev–Trinajstić information content (AvgIpc) is 3.40. The van der Waals surface area contributed by atoms with Gasteiger partial charge in [-0.3, -0.25) is 19.3 Å². The Morgan fingerprint density at radius 3 is 2.50 bits per heavy atom. The fourth-order valence-corrected chi connectivity index (χ4v) is 6.38. The van der Waals surface area contributed by atoms with Crippen LogP contribution < -0.4 is 10.6 Å². The summed E-state index contributed by atoms with van der Waals surface area (Å²) in [4.78, 5) is 56.9. The molecular formula is C30H39N5O5. The van der Waals surface area contributed by atoms with Crippen LogP contribution in [0.15, 0.2) is 24.3 Å². The zero-order chi connectivity index (χ0) is 29.0. The molecular weight excluding hydrogens is 510 g/mol. The highest BCUT2D eigenvalue weighted by Gasteiger charge is 2.57. The van der Waals surface area contributed by atoms with E-state index in [1.54, 1.807) is 20.8 Å². The van der Waals surface area contributed by atoms with E-state index in [1.807, 2.05) is 38.1 Å². The normalized spacial score (nSPS) is 27.6. The maximum Gasteiger partial charge on any atom is 0.410 e. The summed E-state index contributed by atoms with van der Waals surface area (Å²) >= 11 is 0. The number of rotatable bonds is 5. The number of ether oxygens (including phenoxy) is 1. The van der Waals surface area contributed by atoms with Crippen molar-refractivity contribution < 1.29 is 23.9 Å². The van der Waals surface area contributed by atoms with Crippen LogP contribution in [-0.4, -0.2) is 70.4 Å². The van der Waals surface area contributed by atoms with Gasteiger partial charge in [-0.15, -0.1) is 0 Å². The molecule has 2 N–H and O–H groups in total. The number of anilines is 1. The molecule has 0 bridgehead atoms. The minimum atomic E-state index is -0.996. The SMILES string of the molecule is CC1(C)C[C@@H](C(=O)N[C@@H](CC2CC2)C(=O)N2C[C@]3(C[C@H]2C#N)C(=O)Nc2ccccc23)N(C(=O)OC(C)(C)C)C1. The first-order chi connectivity index (χ1) is 18.7. The van der Waals surface area contributed by atoms with Crippen LogP contribution in [0, 0.1) is 22.7 Å². The Balaban J connectivity index is 1.37. The molecule has 5 rings (SSSR count). The first-order valence-electron chi connectivity index (χ1n) is 14.1. The standard InChI is InChI=1S/C30H39N5O5/c1-28(2,3)40-27(39)35-16-29(4,5)14-23(35)24(36)32-22(12-18-10-11-18)25(37)34-17-30(13-19(34)15-31)20-8-6-7-9-21(20)33-26(30)38/h6-9,18-19,22-23H,10-14,16-17H2,1-5H3,(H,32,36)(H,33,38)/t19-,22-,23-,30-/m0/s1. The maximum absolute atomic E-state index is 14.0. The summed E-state index contributed by atoms with van der Waals surface area (Å²) in [5, 5.41) is 15.9. The second-order valence-corrected chi connectivity index (χ2v) is 13.6. The van der Waals surface area contributed by atoms with Gasteiger partial charge in [0.1, 0.15) is 23.7 Å². The summed E-state index contributed by atoms with van der Waals surface area (Å²) in [6.07, 6.45) is 2.49. The summed E-state index contributed by atoms with van der Waals surface area (Å²) in [6.45, 7) is 9.77. The third kappa shape index (κ3) is 5.26. The molecule has 1 aliphatic carbocycles. The van der Waals surface area contributed by atoms with Crippen LogP contribution in [0.3, 0.4) is 0 Å². The predicted molar refractivity (Wildman–Crippen MR) is 147 cm³/mol. The number of likely N-dealkylation sites (tertiary alicyclic amines) is 2. The van der Waals surface area contributed by atoms with E-state index in [0.717, 1.165) is 18.4 Å². The third-order valence-electron chi connectivity index (χ3n) is 8.45. The van der Waals surface area contributed by atoms with Crippen molar-refractivity contribution in [1.82, 2.24) is 15.1 Å². The molecule has 1 aromatic carbocycles. The fourth-order valence-electron chi connectivity index (χ4n) is 6.38. The molecule has 10 heteroatoms. The molecule has 0 unspecified atom stereocenters. The van der Waals surface area contributed by atoms with Crippen molar-refractivity contribution in [3.63, 3.8) is 0 Å². The summed E-state index contributed by atoms with van der Waals surface area (Å²) in [7, 11) is 0. The van der Waals surface area contributed by atoms with Crippen molar-refractivity contribution in [3.05, 3.63) is 29.8 Å². The molecule has 3 fully saturated rings. The highest BCUT2D eigenvalue weighted by atomic mass is 16.6. The average molecular weight is 550 g/mol. The molecule has 1 spiro atoms. The van der Waals surface area contributed by atoms with Crippen molar-refractivity contribution in [1.29, 1.82) is 5.26 Å². The van der Waals surface area contributed by atoms with E-state index in [1.165, 1.54) is 9.80 Å². The van der Waals surface area contributed by atoms with Crippen LogP contribution >= 0.6 is 0 Å². The molecule has 40 heavy (non-hydrogen) atoms. The van der Waals surface area contributed by atoms with Gasteiger partial charge in [0.05, 0.1) is 11.5 Å². The van der Waals surface area contributed by atoms with Crippen molar-refractivity contribution in [2.45, 2.75) is 95.9 Å². The number of amides is 4. The lowest BCUT2D eigenvalue weighted by molar-refractivity contribution is -0.138. The van der Waals surface area contributed by atoms with Gasteiger partial charge in [0, 0.05) is 25.2 Å². The maximum atomic E-state index is 14.0. The molecule has 2 saturated heterocycles. The van der Waals surface area contributed by atoms with Crippen LogP contribution in [-0.2, 0) is 24.5 Å². The lowest BCUT2D eigenvalue weighted by atomic mass is 9.80. The Hall–Kier alpha value is -3.61. The second kappa shape index (κ2) is 9.79.